The van der Waals surface area contributed by atoms with Gasteiger partial charge in [-0.1, -0.05) is 23.7 Å². The number of nitrogens with zero attached hydrogens (tertiary/aromatic N) is 3. The fourth-order valence-electron chi connectivity index (χ4n) is 3.47. The van der Waals surface area contributed by atoms with Crippen LogP contribution < -0.4 is 10.2 Å². The van der Waals surface area contributed by atoms with Crippen molar-refractivity contribution in [2.45, 2.75) is 25.8 Å². The zero-order valence-electron chi connectivity index (χ0n) is 14.5. The number of carbonyl (C=O) groups excluding carboxylic acids is 1. The number of fused-ring (bicyclic) bond motifs is 1. The molecule has 0 spiro atoms. The van der Waals surface area contributed by atoms with Gasteiger partial charge in [0.05, 0.1) is 28.7 Å². The fourth-order valence-corrected chi connectivity index (χ4v) is 3.64. The summed E-state index contributed by atoms with van der Waals surface area (Å²) in [6.45, 7) is 2.63. The molecule has 1 aliphatic rings. The lowest BCUT2D eigenvalue weighted by atomic mass is 10.2. The highest BCUT2D eigenvalue weighted by atomic mass is 35.5. The summed E-state index contributed by atoms with van der Waals surface area (Å²) >= 11 is 6.15. The summed E-state index contributed by atoms with van der Waals surface area (Å²) in [5.41, 5.74) is 3.83. The Labute approximate surface area is 157 Å². The Morgan fingerprint density at radius 1 is 1.15 bits per heavy atom. The molecule has 0 atom stereocenters. The standard InChI is InChI=1S/C20H21ClN4O/c21-15-7-8-19(24-10-3-4-11-24)17(13-15)23-20(26)9-12-25-14-22-16-5-1-2-6-18(16)25/h1-2,5-8,13-14H,3-4,9-12H2,(H,23,26). The molecule has 0 bridgehead atoms. The summed E-state index contributed by atoms with van der Waals surface area (Å²) in [5.74, 6) is -0.0227. The van der Waals surface area contributed by atoms with Crippen LogP contribution in [-0.2, 0) is 11.3 Å². The van der Waals surface area contributed by atoms with Crippen LogP contribution in [0.4, 0.5) is 11.4 Å². The summed E-state index contributed by atoms with van der Waals surface area (Å²) in [7, 11) is 0. The van der Waals surface area contributed by atoms with Crippen molar-refractivity contribution < 1.29 is 4.79 Å². The number of rotatable bonds is 5. The number of anilines is 2. The van der Waals surface area contributed by atoms with Gasteiger partial charge in [-0.05, 0) is 43.2 Å². The van der Waals surface area contributed by atoms with Crippen LogP contribution in [-0.4, -0.2) is 28.5 Å². The van der Waals surface area contributed by atoms with Crippen molar-refractivity contribution in [3.05, 3.63) is 53.8 Å². The van der Waals surface area contributed by atoms with Crippen LogP contribution in [0.5, 0.6) is 0 Å². The Hall–Kier alpha value is -2.53. The Balaban J connectivity index is 1.45. The maximum Gasteiger partial charge on any atom is 0.226 e. The Morgan fingerprint density at radius 3 is 2.81 bits per heavy atom. The van der Waals surface area contributed by atoms with Crippen molar-refractivity contribution in [1.29, 1.82) is 0 Å². The van der Waals surface area contributed by atoms with Gasteiger partial charge in [0, 0.05) is 31.1 Å². The molecule has 6 heteroatoms. The lowest BCUT2D eigenvalue weighted by molar-refractivity contribution is -0.116. The second kappa shape index (κ2) is 7.38. The van der Waals surface area contributed by atoms with Gasteiger partial charge in [0.15, 0.2) is 0 Å². The van der Waals surface area contributed by atoms with Crippen LogP contribution in [0, 0.1) is 0 Å². The molecule has 0 saturated carbocycles. The third-order valence-electron chi connectivity index (χ3n) is 4.79. The third kappa shape index (κ3) is 3.53. The van der Waals surface area contributed by atoms with Crippen LogP contribution in [0.25, 0.3) is 11.0 Å². The molecule has 0 aliphatic carbocycles. The molecule has 1 N–H and O–H groups in total. The molecule has 3 aromatic rings. The van der Waals surface area contributed by atoms with Crippen molar-refractivity contribution in [3.63, 3.8) is 0 Å². The number of halogens is 1. The lowest BCUT2D eigenvalue weighted by Crippen LogP contribution is -2.21. The highest BCUT2D eigenvalue weighted by molar-refractivity contribution is 6.31. The molecule has 5 nitrogen and oxygen atoms in total. The first-order valence-corrected chi connectivity index (χ1v) is 9.33. The van der Waals surface area contributed by atoms with E-state index in [2.05, 4.69) is 15.2 Å². The third-order valence-corrected chi connectivity index (χ3v) is 5.02. The van der Waals surface area contributed by atoms with Crippen molar-refractivity contribution in [1.82, 2.24) is 9.55 Å². The van der Waals surface area contributed by atoms with E-state index in [1.807, 2.05) is 47.0 Å². The first-order chi connectivity index (χ1) is 12.7. The van der Waals surface area contributed by atoms with E-state index in [4.69, 9.17) is 11.6 Å². The van der Waals surface area contributed by atoms with Crippen molar-refractivity contribution in [2.75, 3.05) is 23.3 Å². The first-order valence-electron chi connectivity index (χ1n) is 8.95. The van der Waals surface area contributed by atoms with Gasteiger partial charge in [0.2, 0.25) is 5.91 Å². The molecule has 4 rings (SSSR count). The lowest BCUT2D eigenvalue weighted by Gasteiger charge is -2.22. The number of carbonyl (C=O) groups is 1. The van der Waals surface area contributed by atoms with E-state index in [1.165, 1.54) is 12.8 Å². The molecule has 1 aliphatic heterocycles. The molecular weight excluding hydrogens is 348 g/mol. The summed E-state index contributed by atoms with van der Waals surface area (Å²) in [6, 6.07) is 13.6. The van der Waals surface area contributed by atoms with Gasteiger partial charge in [-0.2, -0.15) is 0 Å². The number of nitrogens with one attached hydrogen (secondary N) is 1. The topological polar surface area (TPSA) is 50.2 Å². The van der Waals surface area contributed by atoms with Gasteiger partial charge in [-0.15, -0.1) is 0 Å². The molecule has 134 valence electrons. The van der Waals surface area contributed by atoms with E-state index in [0.717, 1.165) is 35.5 Å². The molecule has 0 radical (unpaired) electrons. The van der Waals surface area contributed by atoms with Gasteiger partial charge >= 0.3 is 0 Å². The number of hydrogen-bond donors (Lipinski definition) is 1. The van der Waals surface area contributed by atoms with E-state index in [9.17, 15) is 4.79 Å². The number of amides is 1. The van der Waals surface area contributed by atoms with Gasteiger partial charge in [0.25, 0.3) is 0 Å². The van der Waals surface area contributed by atoms with E-state index in [0.29, 0.717) is 18.0 Å². The Bertz CT molecular complexity index is 930. The van der Waals surface area contributed by atoms with Gasteiger partial charge in [-0.3, -0.25) is 4.79 Å². The number of para-hydroxylation sites is 2. The van der Waals surface area contributed by atoms with Gasteiger partial charge in [-0.25, -0.2) is 4.98 Å². The maximum absolute atomic E-state index is 12.5. The Kier molecular flexibility index (Phi) is 4.80. The van der Waals surface area contributed by atoms with Crippen LogP contribution in [0.1, 0.15) is 19.3 Å². The van der Waals surface area contributed by atoms with Gasteiger partial charge < -0.3 is 14.8 Å². The molecule has 0 unspecified atom stereocenters. The predicted molar refractivity (Wildman–Crippen MR) is 106 cm³/mol. The minimum absolute atomic E-state index is 0.0227. The van der Waals surface area contributed by atoms with E-state index < -0.39 is 0 Å². The highest BCUT2D eigenvalue weighted by Gasteiger charge is 2.17. The summed E-state index contributed by atoms with van der Waals surface area (Å²) < 4.78 is 2.01. The number of benzene rings is 2. The average molecular weight is 369 g/mol. The smallest absolute Gasteiger partial charge is 0.226 e. The van der Waals surface area contributed by atoms with E-state index in [1.54, 1.807) is 6.33 Å². The molecule has 1 aromatic heterocycles. The molecule has 1 fully saturated rings. The zero-order valence-corrected chi connectivity index (χ0v) is 15.2. The Morgan fingerprint density at radius 2 is 1.96 bits per heavy atom. The first kappa shape index (κ1) is 16.9. The van der Waals surface area contributed by atoms with Crippen molar-refractivity contribution in [3.8, 4) is 0 Å². The normalized spacial score (nSPS) is 14.1. The number of aryl methyl sites for hydroxylation is 1. The summed E-state index contributed by atoms with van der Waals surface area (Å²) in [4.78, 5) is 19.2. The van der Waals surface area contributed by atoms with Crippen molar-refractivity contribution in [2.24, 2.45) is 0 Å². The fraction of sp³-hybridized carbons (Fsp3) is 0.300. The summed E-state index contributed by atoms with van der Waals surface area (Å²) in [5, 5.41) is 3.67. The molecule has 1 amide bonds. The molecule has 26 heavy (non-hydrogen) atoms. The van der Waals surface area contributed by atoms with Crippen LogP contribution >= 0.6 is 11.6 Å². The highest BCUT2D eigenvalue weighted by Crippen LogP contribution is 2.31. The SMILES string of the molecule is O=C(CCn1cnc2ccccc21)Nc1cc(Cl)ccc1N1CCCC1. The predicted octanol–water partition coefficient (Wildman–Crippen LogP) is 4.32. The van der Waals surface area contributed by atoms with Gasteiger partial charge in [0.1, 0.15) is 0 Å². The zero-order chi connectivity index (χ0) is 17.9. The minimum Gasteiger partial charge on any atom is -0.370 e. The largest absolute Gasteiger partial charge is 0.370 e. The number of imidazole rings is 1. The molecule has 2 aromatic carbocycles. The molecular formula is C20H21ClN4O. The molecule has 1 saturated heterocycles. The number of hydrogen-bond acceptors (Lipinski definition) is 3. The quantitative estimate of drug-likeness (QED) is 0.729. The van der Waals surface area contributed by atoms with Crippen LogP contribution in [0.3, 0.4) is 0 Å². The average Bonchev–Trinajstić information content (AvgIpc) is 3.30. The molecule has 2 heterocycles. The van der Waals surface area contributed by atoms with E-state index in [-0.39, 0.29) is 5.91 Å². The second-order valence-corrected chi connectivity index (χ2v) is 7.02. The monoisotopic (exact) mass is 368 g/mol. The van der Waals surface area contributed by atoms with Crippen molar-refractivity contribution >= 4 is 39.9 Å². The second-order valence-electron chi connectivity index (χ2n) is 6.58. The van der Waals surface area contributed by atoms with E-state index >= 15 is 0 Å². The van der Waals surface area contributed by atoms with Crippen LogP contribution in [0.15, 0.2) is 48.8 Å². The number of aromatic nitrogens is 2. The van der Waals surface area contributed by atoms with Crippen LogP contribution in [0.2, 0.25) is 5.02 Å². The maximum atomic E-state index is 12.5. The summed E-state index contributed by atoms with van der Waals surface area (Å²) in [6.07, 6.45) is 4.53. The minimum atomic E-state index is -0.0227.